The molecule has 0 saturated carbocycles. The Labute approximate surface area is 133 Å². The van der Waals surface area contributed by atoms with Crippen LogP contribution in [0.5, 0.6) is 0 Å². The van der Waals surface area contributed by atoms with Gasteiger partial charge >= 0.3 is 0 Å². The van der Waals surface area contributed by atoms with Crippen LogP contribution < -0.4 is 10.6 Å². The fraction of sp³-hybridized carbons (Fsp3) is 0.118. The van der Waals surface area contributed by atoms with Crippen molar-refractivity contribution < 1.29 is 9.42 Å². The van der Waals surface area contributed by atoms with Crippen molar-refractivity contribution in [2.45, 2.75) is 6.54 Å². The topological polar surface area (TPSA) is 80.0 Å². The third kappa shape index (κ3) is 4.02. The number of benzene rings is 2. The molecule has 0 aliphatic heterocycles. The minimum atomic E-state index is -0.200. The van der Waals surface area contributed by atoms with Gasteiger partial charge in [0.2, 0.25) is 11.7 Å². The number of carbonyl (C=O) groups excluding carboxylic acids is 1. The third-order valence-corrected chi connectivity index (χ3v) is 3.25. The lowest BCUT2D eigenvalue weighted by Crippen LogP contribution is -2.28. The molecule has 116 valence electrons. The first-order chi connectivity index (χ1) is 11.3. The molecule has 6 nitrogen and oxygen atoms in total. The van der Waals surface area contributed by atoms with Crippen LogP contribution in [0.1, 0.15) is 5.56 Å². The Morgan fingerprint density at radius 3 is 2.39 bits per heavy atom. The van der Waals surface area contributed by atoms with Crippen LogP contribution in [0, 0.1) is 0 Å². The molecular formula is C17H16N4O2. The van der Waals surface area contributed by atoms with Crippen molar-refractivity contribution in [3.05, 3.63) is 66.2 Å². The summed E-state index contributed by atoms with van der Waals surface area (Å²) in [6, 6.07) is 19.3. The van der Waals surface area contributed by atoms with Crippen LogP contribution in [-0.4, -0.2) is 22.8 Å². The van der Waals surface area contributed by atoms with Crippen LogP contribution in [0.4, 0.5) is 5.82 Å². The van der Waals surface area contributed by atoms with Crippen LogP contribution in [0.25, 0.3) is 11.3 Å². The number of rotatable bonds is 6. The Balaban J connectivity index is 1.56. The molecular weight excluding hydrogens is 292 g/mol. The summed E-state index contributed by atoms with van der Waals surface area (Å²) in [7, 11) is 0. The molecule has 1 amide bonds. The van der Waals surface area contributed by atoms with E-state index in [-0.39, 0.29) is 12.5 Å². The third-order valence-electron chi connectivity index (χ3n) is 3.25. The van der Waals surface area contributed by atoms with Crippen LogP contribution in [-0.2, 0) is 11.3 Å². The highest BCUT2D eigenvalue weighted by Gasteiger charge is 2.14. The van der Waals surface area contributed by atoms with E-state index in [0.29, 0.717) is 18.1 Å². The van der Waals surface area contributed by atoms with Crippen molar-refractivity contribution in [2.75, 3.05) is 11.9 Å². The second-order valence-electron chi connectivity index (χ2n) is 4.96. The Kier molecular flexibility index (Phi) is 4.76. The zero-order chi connectivity index (χ0) is 15.9. The number of aromatic nitrogens is 2. The molecule has 6 heteroatoms. The fourth-order valence-electron chi connectivity index (χ4n) is 2.15. The molecule has 1 aromatic heterocycles. The summed E-state index contributed by atoms with van der Waals surface area (Å²) >= 11 is 0. The van der Waals surface area contributed by atoms with Gasteiger partial charge in [0.25, 0.3) is 0 Å². The van der Waals surface area contributed by atoms with Gasteiger partial charge in [0.1, 0.15) is 0 Å². The number of hydrogen-bond donors (Lipinski definition) is 2. The fourth-order valence-corrected chi connectivity index (χ4v) is 2.15. The van der Waals surface area contributed by atoms with Crippen LogP contribution in [0.3, 0.4) is 0 Å². The van der Waals surface area contributed by atoms with E-state index < -0.39 is 0 Å². The quantitative estimate of drug-likeness (QED) is 0.731. The molecule has 23 heavy (non-hydrogen) atoms. The summed E-state index contributed by atoms with van der Waals surface area (Å²) in [6.07, 6.45) is 0. The van der Waals surface area contributed by atoms with Crippen molar-refractivity contribution in [1.82, 2.24) is 15.6 Å². The molecule has 0 unspecified atom stereocenters. The van der Waals surface area contributed by atoms with Gasteiger partial charge in [0.15, 0.2) is 5.69 Å². The molecule has 2 N–H and O–H groups in total. The first-order valence-corrected chi connectivity index (χ1v) is 7.25. The molecule has 0 aliphatic carbocycles. The predicted molar refractivity (Wildman–Crippen MR) is 86.5 cm³/mol. The van der Waals surface area contributed by atoms with E-state index in [1.807, 2.05) is 60.7 Å². The van der Waals surface area contributed by atoms with Gasteiger partial charge in [-0.2, -0.15) is 0 Å². The lowest BCUT2D eigenvalue weighted by molar-refractivity contribution is -0.115. The molecule has 0 atom stereocenters. The van der Waals surface area contributed by atoms with Crippen molar-refractivity contribution in [3.8, 4) is 11.3 Å². The van der Waals surface area contributed by atoms with Crippen LogP contribution >= 0.6 is 0 Å². The summed E-state index contributed by atoms with van der Waals surface area (Å²) in [6.45, 7) is 0.798. The maximum absolute atomic E-state index is 12.0. The molecule has 0 spiro atoms. The minimum Gasteiger partial charge on any atom is -0.305 e. The van der Waals surface area contributed by atoms with Crippen molar-refractivity contribution >= 4 is 11.7 Å². The maximum Gasteiger partial charge on any atom is 0.239 e. The zero-order valence-corrected chi connectivity index (χ0v) is 12.4. The average molecular weight is 308 g/mol. The number of anilines is 1. The van der Waals surface area contributed by atoms with Crippen molar-refractivity contribution in [1.29, 1.82) is 0 Å². The SMILES string of the molecule is O=C(CNCc1ccccc1)Nc1nonc1-c1ccccc1. The first kappa shape index (κ1) is 14.9. The van der Waals surface area contributed by atoms with E-state index in [1.165, 1.54) is 0 Å². The molecule has 3 rings (SSSR count). The minimum absolute atomic E-state index is 0.177. The van der Waals surface area contributed by atoms with Gasteiger partial charge in [-0.05, 0) is 15.9 Å². The Bertz CT molecular complexity index is 757. The van der Waals surface area contributed by atoms with Gasteiger partial charge in [-0.25, -0.2) is 4.63 Å². The lowest BCUT2D eigenvalue weighted by atomic mass is 10.1. The molecule has 0 bridgehead atoms. The van der Waals surface area contributed by atoms with Gasteiger partial charge in [-0.1, -0.05) is 60.7 Å². The van der Waals surface area contributed by atoms with Gasteiger partial charge in [-0.3, -0.25) is 4.79 Å². The van der Waals surface area contributed by atoms with Gasteiger partial charge in [0, 0.05) is 12.1 Å². The second-order valence-corrected chi connectivity index (χ2v) is 4.96. The Morgan fingerprint density at radius 1 is 0.957 bits per heavy atom. The van der Waals surface area contributed by atoms with E-state index in [9.17, 15) is 4.79 Å². The molecule has 0 radical (unpaired) electrons. The zero-order valence-electron chi connectivity index (χ0n) is 12.4. The summed E-state index contributed by atoms with van der Waals surface area (Å²) in [5.74, 6) is 0.122. The number of carbonyl (C=O) groups is 1. The number of amides is 1. The average Bonchev–Trinajstić information content (AvgIpc) is 3.05. The lowest BCUT2D eigenvalue weighted by Gasteiger charge is -2.05. The predicted octanol–water partition coefficient (Wildman–Crippen LogP) is 2.46. The monoisotopic (exact) mass is 308 g/mol. The molecule has 3 aromatic rings. The highest BCUT2D eigenvalue weighted by molar-refractivity contribution is 5.94. The van der Waals surface area contributed by atoms with Gasteiger partial charge < -0.3 is 10.6 Å². The Hall–Kier alpha value is -2.99. The van der Waals surface area contributed by atoms with E-state index >= 15 is 0 Å². The highest BCUT2D eigenvalue weighted by atomic mass is 16.6. The van der Waals surface area contributed by atoms with E-state index in [1.54, 1.807) is 0 Å². The summed E-state index contributed by atoms with van der Waals surface area (Å²) in [5, 5.41) is 13.4. The first-order valence-electron chi connectivity index (χ1n) is 7.25. The smallest absolute Gasteiger partial charge is 0.239 e. The van der Waals surface area contributed by atoms with E-state index in [0.717, 1.165) is 11.1 Å². The molecule has 2 aromatic carbocycles. The summed E-state index contributed by atoms with van der Waals surface area (Å²) in [4.78, 5) is 12.0. The number of hydrogen-bond acceptors (Lipinski definition) is 5. The van der Waals surface area contributed by atoms with Crippen LogP contribution in [0.2, 0.25) is 0 Å². The maximum atomic E-state index is 12.0. The molecule has 0 aliphatic rings. The largest absolute Gasteiger partial charge is 0.305 e. The van der Waals surface area contributed by atoms with Crippen molar-refractivity contribution in [2.24, 2.45) is 0 Å². The Morgan fingerprint density at radius 2 is 1.65 bits per heavy atom. The van der Waals surface area contributed by atoms with Gasteiger partial charge in [0.05, 0.1) is 6.54 Å². The second kappa shape index (κ2) is 7.33. The summed E-state index contributed by atoms with van der Waals surface area (Å²) in [5.41, 5.74) is 2.47. The number of nitrogens with one attached hydrogen (secondary N) is 2. The molecule has 1 heterocycles. The summed E-state index contributed by atoms with van der Waals surface area (Å²) < 4.78 is 4.74. The van der Waals surface area contributed by atoms with Gasteiger partial charge in [-0.15, -0.1) is 0 Å². The standard InChI is InChI=1S/C17H16N4O2/c22-15(12-18-11-13-7-3-1-4-8-13)19-17-16(20-23-21-17)14-9-5-2-6-10-14/h1-10,18H,11-12H2,(H,19,21,22). The van der Waals surface area contributed by atoms with Crippen LogP contribution in [0.15, 0.2) is 65.3 Å². The van der Waals surface area contributed by atoms with E-state index in [4.69, 9.17) is 4.63 Å². The molecule has 0 fully saturated rings. The number of nitrogens with zero attached hydrogens (tertiary/aromatic N) is 2. The highest BCUT2D eigenvalue weighted by Crippen LogP contribution is 2.23. The van der Waals surface area contributed by atoms with Crippen molar-refractivity contribution in [3.63, 3.8) is 0 Å². The molecule has 0 saturated heterocycles. The van der Waals surface area contributed by atoms with E-state index in [2.05, 4.69) is 20.9 Å². The normalized spacial score (nSPS) is 10.4.